The molecule has 2 aromatic carbocycles. The second-order valence-electron chi connectivity index (χ2n) is 5.28. The fourth-order valence-electron chi connectivity index (χ4n) is 2.49. The number of hydrogen-bond donors (Lipinski definition) is 0. The molecule has 0 aliphatic rings. The van der Waals surface area contributed by atoms with Crippen molar-refractivity contribution in [3.05, 3.63) is 67.0 Å². The van der Waals surface area contributed by atoms with Gasteiger partial charge in [0.1, 0.15) is 0 Å². The highest BCUT2D eigenvalue weighted by molar-refractivity contribution is 5.69. The van der Waals surface area contributed by atoms with Crippen molar-refractivity contribution in [2.24, 2.45) is 0 Å². The first-order chi connectivity index (χ1) is 10.9. The molecular formula is C19H20N2O. The van der Waals surface area contributed by atoms with Crippen molar-refractivity contribution in [1.82, 2.24) is 9.78 Å². The Hall–Kier alpha value is -2.39. The van der Waals surface area contributed by atoms with Crippen LogP contribution >= 0.6 is 0 Å². The zero-order chi connectivity index (χ0) is 15.2. The van der Waals surface area contributed by atoms with Crippen LogP contribution in [0.5, 0.6) is 0 Å². The Morgan fingerprint density at radius 1 is 0.864 bits per heavy atom. The summed E-state index contributed by atoms with van der Waals surface area (Å²) in [7, 11) is 1.73. The van der Waals surface area contributed by atoms with E-state index >= 15 is 0 Å². The Bertz CT molecular complexity index is 702. The van der Waals surface area contributed by atoms with Gasteiger partial charge < -0.3 is 4.74 Å². The van der Waals surface area contributed by atoms with E-state index in [1.165, 1.54) is 16.7 Å². The summed E-state index contributed by atoms with van der Waals surface area (Å²) in [4.78, 5) is 0. The Labute approximate surface area is 131 Å². The second kappa shape index (κ2) is 7.05. The number of benzene rings is 2. The summed E-state index contributed by atoms with van der Waals surface area (Å²) in [6, 6.07) is 19.0. The van der Waals surface area contributed by atoms with E-state index in [4.69, 9.17) is 4.74 Å². The van der Waals surface area contributed by atoms with Crippen LogP contribution in [0.2, 0.25) is 0 Å². The summed E-state index contributed by atoms with van der Waals surface area (Å²) in [6.07, 6.45) is 4.99. The highest BCUT2D eigenvalue weighted by atomic mass is 16.5. The van der Waals surface area contributed by atoms with E-state index < -0.39 is 0 Å². The predicted molar refractivity (Wildman–Crippen MR) is 89.6 cm³/mol. The maximum atomic E-state index is 5.07. The van der Waals surface area contributed by atoms with Crippen molar-refractivity contribution >= 4 is 0 Å². The van der Waals surface area contributed by atoms with Crippen LogP contribution in [0.3, 0.4) is 0 Å². The van der Waals surface area contributed by atoms with Crippen LogP contribution in [-0.2, 0) is 11.3 Å². The van der Waals surface area contributed by atoms with Gasteiger partial charge >= 0.3 is 0 Å². The molecule has 0 saturated carbocycles. The van der Waals surface area contributed by atoms with E-state index in [1.807, 2.05) is 16.9 Å². The lowest BCUT2D eigenvalue weighted by molar-refractivity contribution is 0.189. The van der Waals surface area contributed by atoms with Gasteiger partial charge in [0, 0.05) is 32.0 Å². The van der Waals surface area contributed by atoms with E-state index in [2.05, 4.69) is 59.8 Å². The van der Waals surface area contributed by atoms with Crippen molar-refractivity contribution in [2.45, 2.75) is 13.0 Å². The number of aryl methyl sites for hydroxylation is 1. The average molecular weight is 292 g/mol. The van der Waals surface area contributed by atoms with Crippen LogP contribution in [0.15, 0.2) is 67.0 Å². The number of hydrogen-bond acceptors (Lipinski definition) is 2. The van der Waals surface area contributed by atoms with E-state index in [0.717, 1.165) is 25.1 Å². The summed E-state index contributed by atoms with van der Waals surface area (Å²) < 4.78 is 7.04. The molecule has 0 bridgehead atoms. The number of rotatable bonds is 6. The van der Waals surface area contributed by atoms with Gasteiger partial charge in [0.2, 0.25) is 0 Å². The maximum Gasteiger partial charge on any atom is 0.0568 e. The van der Waals surface area contributed by atoms with Crippen molar-refractivity contribution in [1.29, 1.82) is 0 Å². The lowest BCUT2D eigenvalue weighted by Crippen LogP contribution is -2.01. The first kappa shape index (κ1) is 14.5. The molecule has 0 spiro atoms. The quantitative estimate of drug-likeness (QED) is 0.635. The molecule has 0 aliphatic heterocycles. The number of nitrogens with zero attached hydrogens (tertiary/aromatic N) is 2. The third kappa shape index (κ3) is 3.43. The van der Waals surface area contributed by atoms with Gasteiger partial charge in [-0.05, 0) is 23.1 Å². The summed E-state index contributed by atoms with van der Waals surface area (Å²) >= 11 is 0. The van der Waals surface area contributed by atoms with Gasteiger partial charge in [-0.25, -0.2) is 0 Å². The molecule has 0 amide bonds. The largest absolute Gasteiger partial charge is 0.385 e. The molecule has 0 N–H and O–H groups in total. The van der Waals surface area contributed by atoms with Crippen LogP contribution in [-0.4, -0.2) is 23.5 Å². The van der Waals surface area contributed by atoms with Gasteiger partial charge in [0.15, 0.2) is 0 Å². The molecule has 3 heteroatoms. The van der Waals surface area contributed by atoms with Gasteiger partial charge in [-0.3, -0.25) is 4.68 Å². The van der Waals surface area contributed by atoms with Crippen LogP contribution < -0.4 is 0 Å². The zero-order valence-corrected chi connectivity index (χ0v) is 12.8. The van der Waals surface area contributed by atoms with Crippen molar-refractivity contribution in [3.8, 4) is 22.3 Å². The monoisotopic (exact) mass is 292 g/mol. The normalized spacial score (nSPS) is 10.8. The SMILES string of the molecule is COCCCn1cc(-c2ccc(-c3ccccc3)cc2)cn1. The molecule has 0 radical (unpaired) electrons. The molecule has 3 nitrogen and oxygen atoms in total. The average Bonchev–Trinajstić information content (AvgIpc) is 3.05. The standard InChI is InChI=1S/C19H20N2O/c1-22-13-5-12-21-15-19(14-20-21)18-10-8-17(9-11-18)16-6-3-2-4-7-16/h2-4,6-11,14-15H,5,12-13H2,1H3. The van der Waals surface area contributed by atoms with E-state index in [-0.39, 0.29) is 0 Å². The Morgan fingerprint density at radius 3 is 2.18 bits per heavy atom. The Kier molecular flexibility index (Phi) is 4.66. The summed E-state index contributed by atoms with van der Waals surface area (Å²) in [5.74, 6) is 0. The first-order valence-electron chi connectivity index (χ1n) is 7.54. The fourth-order valence-corrected chi connectivity index (χ4v) is 2.49. The third-order valence-electron chi connectivity index (χ3n) is 3.69. The lowest BCUT2D eigenvalue weighted by atomic mass is 10.0. The number of ether oxygens (including phenoxy) is 1. The summed E-state index contributed by atoms with van der Waals surface area (Å²) in [5, 5.41) is 4.41. The van der Waals surface area contributed by atoms with E-state index in [0.29, 0.717) is 0 Å². The topological polar surface area (TPSA) is 27.1 Å². The van der Waals surface area contributed by atoms with Gasteiger partial charge in [0.05, 0.1) is 6.20 Å². The molecule has 0 aliphatic carbocycles. The third-order valence-corrected chi connectivity index (χ3v) is 3.69. The molecule has 0 saturated heterocycles. The molecule has 0 unspecified atom stereocenters. The molecule has 112 valence electrons. The minimum absolute atomic E-state index is 0.765. The fraction of sp³-hybridized carbons (Fsp3) is 0.211. The van der Waals surface area contributed by atoms with Gasteiger partial charge in [-0.2, -0.15) is 5.10 Å². The van der Waals surface area contributed by atoms with Crippen LogP contribution in [0.1, 0.15) is 6.42 Å². The summed E-state index contributed by atoms with van der Waals surface area (Å²) in [5.41, 5.74) is 4.82. The molecule has 3 aromatic rings. The van der Waals surface area contributed by atoms with Crippen molar-refractivity contribution in [2.75, 3.05) is 13.7 Å². The van der Waals surface area contributed by atoms with Crippen LogP contribution in [0.4, 0.5) is 0 Å². The maximum absolute atomic E-state index is 5.07. The van der Waals surface area contributed by atoms with Crippen molar-refractivity contribution in [3.63, 3.8) is 0 Å². The van der Waals surface area contributed by atoms with Crippen LogP contribution in [0.25, 0.3) is 22.3 Å². The molecular weight excluding hydrogens is 272 g/mol. The Balaban J connectivity index is 1.73. The smallest absolute Gasteiger partial charge is 0.0568 e. The molecule has 22 heavy (non-hydrogen) atoms. The van der Waals surface area contributed by atoms with Gasteiger partial charge in [-0.15, -0.1) is 0 Å². The Morgan fingerprint density at radius 2 is 1.50 bits per heavy atom. The van der Waals surface area contributed by atoms with E-state index in [9.17, 15) is 0 Å². The number of methoxy groups -OCH3 is 1. The molecule has 0 atom stereocenters. The lowest BCUT2D eigenvalue weighted by Gasteiger charge is -2.03. The summed E-state index contributed by atoms with van der Waals surface area (Å²) in [6.45, 7) is 1.65. The minimum Gasteiger partial charge on any atom is -0.385 e. The molecule has 1 heterocycles. The zero-order valence-electron chi connectivity index (χ0n) is 12.8. The molecule has 0 fully saturated rings. The van der Waals surface area contributed by atoms with Crippen molar-refractivity contribution < 1.29 is 4.74 Å². The second-order valence-corrected chi connectivity index (χ2v) is 5.28. The van der Waals surface area contributed by atoms with Gasteiger partial charge in [-0.1, -0.05) is 54.6 Å². The minimum atomic E-state index is 0.765. The van der Waals surface area contributed by atoms with Crippen LogP contribution in [0, 0.1) is 0 Å². The highest BCUT2D eigenvalue weighted by Gasteiger charge is 2.03. The van der Waals surface area contributed by atoms with E-state index in [1.54, 1.807) is 7.11 Å². The predicted octanol–water partition coefficient (Wildman–Crippen LogP) is 4.25. The first-order valence-corrected chi connectivity index (χ1v) is 7.54. The number of aromatic nitrogens is 2. The molecule has 1 aromatic heterocycles. The highest BCUT2D eigenvalue weighted by Crippen LogP contribution is 2.24. The molecule has 3 rings (SSSR count). The van der Waals surface area contributed by atoms with Gasteiger partial charge in [0.25, 0.3) is 0 Å².